The van der Waals surface area contributed by atoms with Crippen molar-refractivity contribution in [2.75, 3.05) is 33.2 Å². The highest BCUT2D eigenvalue weighted by Crippen LogP contribution is 2.40. The number of nitrogens with zero attached hydrogens (tertiary/aromatic N) is 2. The van der Waals surface area contributed by atoms with Crippen LogP contribution in [0.5, 0.6) is 5.75 Å². The van der Waals surface area contributed by atoms with Gasteiger partial charge in [0.2, 0.25) is 0 Å². The zero-order valence-electron chi connectivity index (χ0n) is 17.8. The Labute approximate surface area is 181 Å². The Morgan fingerprint density at radius 2 is 1.44 bits per heavy atom. The monoisotopic (exact) mass is 430 g/mol. The van der Waals surface area contributed by atoms with Gasteiger partial charge in [-0.05, 0) is 34.6 Å². The summed E-state index contributed by atoms with van der Waals surface area (Å²) in [5.74, 6) is 1.29. The predicted octanol–water partition coefficient (Wildman–Crippen LogP) is 5.17. The van der Waals surface area contributed by atoms with E-state index in [9.17, 15) is 5.11 Å². The smallest absolute Gasteiger partial charge is 0.136 e. The minimum atomic E-state index is -0.0945. The molecule has 1 aliphatic rings. The third-order valence-electron chi connectivity index (χ3n) is 4.91. The van der Waals surface area contributed by atoms with E-state index in [4.69, 9.17) is 12.2 Å². The van der Waals surface area contributed by atoms with Gasteiger partial charge in [0.05, 0.1) is 0 Å². The number of piperazine rings is 1. The van der Waals surface area contributed by atoms with E-state index in [1.165, 1.54) is 5.56 Å². The average Bonchev–Trinajstić information content (AvgIpc) is 2.52. The van der Waals surface area contributed by atoms with Crippen LogP contribution in [0.4, 0.5) is 0 Å². The topological polar surface area (TPSA) is 26.7 Å². The van der Waals surface area contributed by atoms with Gasteiger partial charge in [-0.3, -0.25) is 0 Å². The highest BCUT2D eigenvalue weighted by molar-refractivity contribution is 8.22. The molecule has 0 spiro atoms. The number of hydrogen-bond donors (Lipinski definition) is 1. The Morgan fingerprint density at radius 1 is 1.00 bits per heavy atom. The summed E-state index contributed by atoms with van der Waals surface area (Å²) in [7, 11) is 2.16. The van der Waals surface area contributed by atoms with Crippen LogP contribution in [0.2, 0.25) is 0 Å². The number of phenolic OH excluding ortho intramolecular Hbond substituents is 1. The zero-order chi connectivity index (χ0) is 19.7. The van der Waals surface area contributed by atoms with Crippen LogP contribution in [0.3, 0.4) is 0 Å². The Morgan fingerprint density at radius 3 is 1.85 bits per heavy atom. The van der Waals surface area contributed by atoms with E-state index in [1.54, 1.807) is 11.8 Å². The van der Waals surface area contributed by atoms with Crippen LogP contribution in [0.1, 0.15) is 58.2 Å². The summed E-state index contributed by atoms with van der Waals surface area (Å²) in [5, 5.41) is 10.8. The summed E-state index contributed by atoms with van der Waals surface area (Å²) in [6.07, 6.45) is 0. The molecule has 0 bridgehead atoms. The summed E-state index contributed by atoms with van der Waals surface area (Å²) < 4.78 is 0.987. The third-order valence-corrected chi connectivity index (χ3v) is 6.50. The summed E-state index contributed by atoms with van der Waals surface area (Å²) in [6.45, 7) is 17.1. The largest absolute Gasteiger partial charge is 0.507 e. The molecule has 6 heteroatoms. The summed E-state index contributed by atoms with van der Waals surface area (Å²) in [4.78, 5) is 4.66. The minimum absolute atomic E-state index is 0. The molecule has 1 aromatic rings. The molecule has 0 aliphatic carbocycles. The molecule has 154 valence electrons. The van der Waals surface area contributed by atoms with Crippen LogP contribution in [-0.4, -0.2) is 52.5 Å². The van der Waals surface area contributed by atoms with Crippen LogP contribution in [0.25, 0.3) is 0 Å². The van der Waals surface area contributed by atoms with Crippen LogP contribution in [0.15, 0.2) is 12.1 Å². The first kappa shape index (κ1) is 24.5. The van der Waals surface area contributed by atoms with Crippen molar-refractivity contribution in [1.82, 2.24) is 9.80 Å². The fourth-order valence-electron chi connectivity index (χ4n) is 3.15. The number of thiocarbonyl (C=S) groups is 1. The molecule has 0 radical (unpaired) electrons. The van der Waals surface area contributed by atoms with E-state index >= 15 is 0 Å². The van der Waals surface area contributed by atoms with E-state index in [-0.39, 0.29) is 23.2 Å². The van der Waals surface area contributed by atoms with Gasteiger partial charge in [0.1, 0.15) is 10.1 Å². The summed E-state index contributed by atoms with van der Waals surface area (Å²) in [5.41, 5.74) is 3.09. The number of likely N-dealkylation sites (N-methyl/N-ethyl adjacent to an activating group) is 1. The summed E-state index contributed by atoms with van der Waals surface area (Å²) in [6, 6.07) is 4.31. The number of phenols is 1. The van der Waals surface area contributed by atoms with Gasteiger partial charge in [-0.2, -0.15) is 0 Å². The lowest BCUT2D eigenvalue weighted by Crippen LogP contribution is -2.45. The SMILES string of the molecule is CN1CCN(C(=S)SCc2cc(C(C)(C)C)c(O)c(C(C)(C)C)c2)CC1.Cl. The van der Waals surface area contributed by atoms with Crippen molar-refractivity contribution < 1.29 is 5.11 Å². The lowest BCUT2D eigenvalue weighted by molar-refractivity contribution is 0.220. The molecule has 1 heterocycles. The van der Waals surface area contributed by atoms with E-state index < -0.39 is 0 Å². The van der Waals surface area contributed by atoms with Gasteiger partial charge in [0.15, 0.2) is 0 Å². The number of rotatable bonds is 2. The molecule has 1 N–H and O–H groups in total. The van der Waals surface area contributed by atoms with E-state index in [1.807, 2.05) is 0 Å². The maximum absolute atomic E-state index is 10.8. The molecule has 1 saturated heterocycles. The van der Waals surface area contributed by atoms with Gasteiger partial charge in [0.25, 0.3) is 0 Å². The lowest BCUT2D eigenvalue weighted by atomic mass is 9.78. The van der Waals surface area contributed by atoms with Crippen LogP contribution in [-0.2, 0) is 16.6 Å². The maximum Gasteiger partial charge on any atom is 0.136 e. The van der Waals surface area contributed by atoms with E-state index in [0.29, 0.717) is 5.75 Å². The second-order valence-electron chi connectivity index (χ2n) is 9.38. The van der Waals surface area contributed by atoms with Gasteiger partial charge < -0.3 is 14.9 Å². The molecule has 0 saturated carbocycles. The molecule has 27 heavy (non-hydrogen) atoms. The molecule has 2 rings (SSSR count). The average molecular weight is 431 g/mol. The second kappa shape index (κ2) is 9.34. The Hall–Kier alpha value is -0.490. The number of hydrogen-bond acceptors (Lipinski definition) is 4. The molecule has 0 aromatic heterocycles. The highest BCUT2D eigenvalue weighted by Gasteiger charge is 2.26. The molecule has 0 unspecified atom stereocenters. The van der Waals surface area contributed by atoms with Gasteiger partial charge >= 0.3 is 0 Å². The first-order valence-electron chi connectivity index (χ1n) is 9.36. The van der Waals surface area contributed by atoms with Crippen LogP contribution < -0.4 is 0 Å². The van der Waals surface area contributed by atoms with Gasteiger partial charge in [0, 0.05) is 31.9 Å². The number of aromatic hydroxyl groups is 1. The molecular weight excluding hydrogens is 396 g/mol. The van der Waals surface area contributed by atoms with Crippen molar-refractivity contribution in [3.05, 3.63) is 28.8 Å². The number of halogens is 1. The van der Waals surface area contributed by atoms with Crippen molar-refractivity contribution >= 4 is 40.7 Å². The molecule has 0 amide bonds. The van der Waals surface area contributed by atoms with Crippen LogP contribution >= 0.6 is 36.4 Å². The first-order chi connectivity index (χ1) is 11.9. The van der Waals surface area contributed by atoms with Gasteiger partial charge in [-0.25, -0.2) is 0 Å². The Balaban J connectivity index is 0.00000364. The van der Waals surface area contributed by atoms with Gasteiger partial charge in [-0.15, -0.1) is 12.4 Å². The summed E-state index contributed by atoms with van der Waals surface area (Å²) >= 11 is 7.41. The zero-order valence-corrected chi connectivity index (χ0v) is 20.2. The number of thioether (sulfide) groups is 1. The fraction of sp³-hybridized carbons (Fsp3) is 0.667. The normalized spacial score (nSPS) is 16.2. The van der Waals surface area contributed by atoms with Crippen molar-refractivity contribution in [3.63, 3.8) is 0 Å². The quantitative estimate of drug-likeness (QED) is 0.652. The first-order valence-corrected chi connectivity index (χ1v) is 10.8. The van der Waals surface area contributed by atoms with Gasteiger partial charge in [-0.1, -0.05) is 77.7 Å². The van der Waals surface area contributed by atoms with Crippen molar-refractivity contribution in [3.8, 4) is 5.75 Å². The third kappa shape index (κ3) is 6.52. The predicted molar refractivity (Wildman–Crippen MR) is 126 cm³/mol. The van der Waals surface area contributed by atoms with Crippen molar-refractivity contribution in [2.45, 2.75) is 58.1 Å². The van der Waals surface area contributed by atoms with E-state index in [0.717, 1.165) is 47.4 Å². The van der Waals surface area contributed by atoms with E-state index in [2.05, 4.69) is 70.5 Å². The van der Waals surface area contributed by atoms with Crippen molar-refractivity contribution in [1.29, 1.82) is 0 Å². The maximum atomic E-state index is 10.8. The standard InChI is InChI=1S/C21H34N2OS2.ClH/c1-20(2,3)16-12-15(13-17(18(16)24)21(4,5)6)14-26-19(25)23-10-8-22(7)9-11-23;/h12-13,24H,8-11,14H2,1-7H3;1H. The number of benzene rings is 1. The van der Waals surface area contributed by atoms with Crippen molar-refractivity contribution in [2.24, 2.45) is 0 Å². The molecule has 1 aliphatic heterocycles. The van der Waals surface area contributed by atoms with Crippen LogP contribution in [0, 0.1) is 0 Å². The lowest BCUT2D eigenvalue weighted by Gasteiger charge is -2.33. The molecule has 3 nitrogen and oxygen atoms in total. The highest BCUT2D eigenvalue weighted by atomic mass is 35.5. The minimum Gasteiger partial charge on any atom is -0.507 e. The fourth-order valence-corrected chi connectivity index (χ4v) is 4.33. The molecule has 1 aromatic carbocycles. The molecular formula is C21H35ClN2OS2. The second-order valence-corrected chi connectivity index (χ2v) is 11.0. The molecule has 1 fully saturated rings. The Kier molecular flexibility index (Phi) is 8.49. The molecule has 0 atom stereocenters. The Bertz CT molecular complexity index is 622.